The van der Waals surface area contributed by atoms with Gasteiger partial charge in [0.25, 0.3) is 0 Å². The summed E-state index contributed by atoms with van der Waals surface area (Å²) in [4.78, 5) is 0. The number of hydrogen-bond donors (Lipinski definition) is 0. The Morgan fingerprint density at radius 2 is 1.76 bits per heavy atom. The van der Waals surface area contributed by atoms with E-state index in [0.717, 1.165) is 54.1 Å². The molecule has 0 radical (unpaired) electrons. The van der Waals surface area contributed by atoms with E-state index in [1.807, 2.05) is 24.3 Å². The van der Waals surface area contributed by atoms with E-state index >= 15 is 0 Å². The molecule has 4 nitrogen and oxygen atoms in total. The summed E-state index contributed by atoms with van der Waals surface area (Å²) in [5.74, 6) is 2.63. The molecule has 0 saturated heterocycles. The van der Waals surface area contributed by atoms with Gasteiger partial charge in [-0.3, -0.25) is 0 Å². The highest BCUT2D eigenvalue weighted by Gasteiger charge is 2.09. The molecule has 1 heterocycles. The number of aryl methyl sites for hydroxylation is 2. The van der Waals surface area contributed by atoms with Gasteiger partial charge in [-0.15, -0.1) is 0 Å². The lowest BCUT2D eigenvalue weighted by Crippen LogP contribution is -2.02. The third-order valence-corrected chi connectivity index (χ3v) is 4.42. The van der Waals surface area contributed by atoms with Crippen LogP contribution in [0.25, 0.3) is 10.9 Å². The second-order valence-electron chi connectivity index (χ2n) is 6.09. The molecule has 2 aromatic carbocycles. The smallest absolute Gasteiger partial charge is 0.131 e. The standard InChI is InChI=1S/C21H25NO3/c1-16-8-4-5-9-20(16)25-13-7-6-11-22-12-10-18-19(22)14-17(23-2)15-21(18)24-3/h4-5,8-10,12,14-15H,6-7,11,13H2,1-3H3. The van der Waals surface area contributed by atoms with Crippen LogP contribution < -0.4 is 14.2 Å². The van der Waals surface area contributed by atoms with Crippen LogP contribution in [0.1, 0.15) is 18.4 Å². The first kappa shape index (κ1) is 17.2. The van der Waals surface area contributed by atoms with Crippen molar-refractivity contribution in [3.8, 4) is 17.2 Å². The minimum Gasteiger partial charge on any atom is -0.497 e. The number of fused-ring (bicyclic) bond motifs is 1. The van der Waals surface area contributed by atoms with Crippen LogP contribution in [0.2, 0.25) is 0 Å². The van der Waals surface area contributed by atoms with Gasteiger partial charge in [0.05, 0.1) is 26.3 Å². The molecule has 4 heteroatoms. The number of rotatable bonds is 8. The molecule has 0 atom stereocenters. The van der Waals surface area contributed by atoms with Crippen molar-refractivity contribution in [1.29, 1.82) is 0 Å². The molecule has 0 aliphatic rings. The van der Waals surface area contributed by atoms with Gasteiger partial charge < -0.3 is 18.8 Å². The van der Waals surface area contributed by atoms with E-state index in [1.165, 1.54) is 5.56 Å². The van der Waals surface area contributed by atoms with Gasteiger partial charge in [0, 0.05) is 30.3 Å². The van der Waals surface area contributed by atoms with Crippen LogP contribution in [-0.2, 0) is 6.54 Å². The van der Waals surface area contributed by atoms with Crippen LogP contribution in [0, 0.1) is 6.92 Å². The predicted octanol–water partition coefficient (Wildman–Crippen LogP) is 4.83. The zero-order chi connectivity index (χ0) is 17.6. The van der Waals surface area contributed by atoms with Crippen LogP contribution in [0.5, 0.6) is 17.2 Å². The number of nitrogens with zero attached hydrogens (tertiary/aromatic N) is 1. The largest absolute Gasteiger partial charge is 0.497 e. The van der Waals surface area contributed by atoms with E-state index in [2.05, 4.69) is 35.9 Å². The maximum atomic E-state index is 5.87. The zero-order valence-corrected chi connectivity index (χ0v) is 15.1. The molecule has 0 amide bonds. The lowest BCUT2D eigenvalue weighted by molar-refractivity contribution is 0.301. The summed E-state index contributed by atoms with van der Waals surface area (Å²) in [5, 5.41) is 1.11. The van der Waals surface area contributed by atoms with Crippen molar-refractivity contribution in [3.05, 3.63) is 54.2 Å². The third-order valence-electron chi connectivity index (χ3n) is 4.42. The van der Waals surface area contributed by atoms with Crippen molar-refractivity contribution in [2.75, 3.05) is 20.8 Å². The second-order valence-corrected chi connectivity index (χ2v) is 6.09. The number of hydrogen-bond acceptors (Lipinski definition) is 3. The lowest BCUT2D eigenvalue weighted by atomic mass is 10.2. The summed E-state index contributed by atoms with van der Waals surface area (Å²) >= 11 is 0. The molecule has 25 heavy (non-hydrogen) atoms. The van der Waals surface area contributed by atoms with Crippen LogP contribution in [-0.4, -0.2) is 25.4 Å². The molecular formula is C21H25NO3. The molecule has 0 aliphatic carbocycles. The monoisotopic (exact) mass is 339 g/mol. The summed E-state index contributed by atoms with van der Waals surface area (Å²) in [5.41, 5.74) is 2.31. The Balaban J connectivity index is 1.59. The fourth-order valence-corrected chi connectivity index (χ4v) is 3.00. The summed E-state index contributed by atoms with van der Waals surface area (Å²) in [6.45, 7) is 3.75. The predicted molar refractivity (Wildman–Crippen MR) is 101 cm³/mol. The highest BCUT2D eigenvalue weighted by atomic mass is 16.5. The Bertz CT molecular complexity index is 838. The van der Waals surface area contributed by atoms with E-state index in [-0.39, 0.29) is 0 Å². The van der Waals surface area contributed by atoms with Crippen LogP contribution in [0.15, 0.2) is 48.7 Å². The van der Waals surface area contributed by atoms with Gasteiger partial charge in [0.15, 0.2) is 0 Å². The minimum absolute atomic E-state index is 0.733. The van der Waals surface area contributed by atoms with Crippen molar-refractivity contribution < 1.29 is 14.2 Å². The first-order valence-corrected chi connectivity index (χ1v) is 8.62. The van der Waals surface area contributed by atoms with Crippen molar-refractivity contribution in [2.24, 2.45) is 0 Å². The van der Waals surface area contributed by atoms with Gasteiger partial charge >= 0.3 is 0 Å². The van der Waals surface area contributed by atoms with Crippen molar-refractivity contribution in [3.63, 3.8) is 0 Å². The molecule has 0 N–H and O–H groups in total. The molecule has 0 aliphatic heterocycles. The molecule has 132 valence electrons. The number of para-hydroxylation sites is 1. The topological polar surface area (TPSA) is 32.6 Å². The molecule has 1 aromatic heterocycles. The molecule has 0 unspecified atom stereocenters. The van der Waals surface area contributed by atoms with Crippen LogP contribution >= 0.6 is 0 Å². The highest BCUT2D eigenvalue weighted by Crippen LogP contribution is 2.32. The fourth-order valence-electron chi connectivity index (χ4n) is 3.00. The van der Waals surface area contributed by atoms with E-state index < -0.39 is 0 Å². The summed E-state index contributed by atoms with van der Waals surface area (Å²) < 4.78 is 19.0. The van der Waals surface area contributed by atoms with Gasteiger partial charge in [-0.1, -0.05) is 18.2 Å². The molecule has 3 aromatic rings. The van der Waals surface area contributed by atoms with E-state index in [9.17, 15) is 0 Å². The Morgan fingerprint density at radius 1 is 0.920 bits per heavy atom. The average Bonchev–Trinajstić information content (AvgIpc) is 3.05. The number of methoxy groups -OCH3 is 2. The minimum atomic E-state index is 0.733. The maximum absolute atomic E-state index is 5.87. The Hall–Kier alpha value is -2.62. The number of ether oxygens (including phenoxy) is 3. The van der Waals surface area contributed by atoms with Crippen molar-refractivity contribution in [1.82, 2.24) is 4.57 Å². The molecule has 0 spiro atoms. The summed E-state index contributed by atoms with van der Waals surface area (Å²) in [7, 11) is 3.37. The van der Waals surface area contributed by atoms with E-state index in [0.29, 0.717) is 0 Å². The molecule has 0 bridgehead atoms. The maximum Gasteiger partial charge on any atom is 0.131 e. The first-order valence-electron chi connectivity index (χ1n) is 8.62. The molecule has 0 fully saturated rings. The lowest BCUT2D eigenvalue weighted by Gasteiger charge is -2.11. The zero-order valence-electron chi connectivity index (χ0n) is 15.1. The second kappa shape index (κ2) is 7.97. The number of unbranched alkanes of at least 4 members (excludes halogenated alkanes) is 1. The SMILES string of the molecule is COc1cc(OC)c2ccn(CCCCOc3ccccc3C)c2c1. The highest BCUT2D eigenvalue weighted by molar-refractivity contribution is 5.88. The fraction of sp³-hybridized carbons (Fsp3) is 0.333. The molecule has 0 saturated carbocycles. The van der Waals surface area contributed by atoms with Gasteiger partial charge in [0.2, 0.25) is 0 Å². The average molecular weight is 339 g/mol. The normalized spacial score (nSPS) is 10.8. The first-order chi connectivity index (χ1) is 12.2. The van der Waals surface area contributed by atoms with E-state index in [1.54, 1.807) is 14.2 Å². The summed E-state index contributed by atoms with van der Waals surface area (Å²) in [6, 6.07) is 14.2. The summed E-state index contributed by atoms with van der Waals surface area (Å²) in [6.07, 6.45) is 4.17. The number of benzene rings is 2. The van der Waals surface area contributed by atoms with Gasteiger partial charge in [-0.25, -0.2) is 0 Å². The Labute approximate surface area is 148 Å². The quantitative estimate of drug-likeness (QED) is 0.551. The molecular weight excluding hydrogens is 314 g/mol. The van der Waals surface area contributed by atoms with Crippen LogP contribution in [0.3, 0.4) is 0 Å². The van der Waals surface area contributed by atoms with Gasteiger partial charge in [-0.2, -0.15) is 0 Å². The Kier molecular flexibility index (Phi) is 5.49. The number of aromatic nitrogens is 1. The van der Waals surface area contributed by atoms with Gasteiger partial charge in [0.1, 0.15) is 17.2 Å². The van der Waals surface area contributed by atoms with Crippen LogP contribution in [0.4, 0.5) is 0 Å². The van der Waals surface area contributed by atoms with E-state index in [4.69, 9.17) is 14.2 Å². The third kappa shape index (κ3) is 3.90. The molecule has 3 rings (SSSR count). The van der Waals surface area contributed by atoms with Crippen molar-refractivity contribution >= 4 is 10.9 Å². The van der Waals surface area contributed by atoms with Crippen molar-refractivity contribution in [2.45, 2.75) is 26.3 Å². The Morgan fingerprint density at radius 3 is 2.52 bits per heavy atom. The van der Waals surface area contributed by atoms with Gasteiger partial charge in [-0.05, 0) is 37.5 Å².